The van der Waals surface area contributed by atoms with Gasteiger partial charge in [0.25, 0.3) is 0 Å². The summed E-state index contributed by atoms with van der Waals surface area (Å²) >= 11 is 2.73. The Balaban J connectivity index is 1.32. The molecule has 0 aromatic heterocycles. The fourth-order valence-electron chi connectivity index (χ4n) is 7.34. The third-order valence-electron chi connectivity index (χ3n) is 8.84. The summed E-state index contributed by atoms with van der Waals surface area (Å²) in [6.45, 7) is 0. The molecule has 4 rings (SSSR count). The fourth-order valence-corrected chi connectivity index (χ4v) is 8.35. The van der Waals surface area contributed by atoms with Gasteiger partial charge in [-0.1, -0.05) is 74.0 Å². The molecule has 0 amide bonds. The van der Waals surface area contributed by atoms with Crippen LogP contribution >= 0.6 is 22.6 Å². The van der Waals surface area contributed by atoms with E-state index in [0.29, 0.717) is 0 Å². The second kappa shape index (κ2) is 9.28. The van der Waals surface area contributed by atoms with Crippen LogP contribution in [0.15, 0.2) is 0 Å². The SMILES string of the molecule is IC1CCC2CC(C3CC[C@@H]4CCCCCCCCC4C3)CCC2C1. The van der Waals surface area contributed by atoms with Gasteiger partial charge in [0.15, 0.2) is 0 Å². The molecule has 0 radical (unpaired) electrons. The largest absolute Gasteiger partial charge is 0.0826 e. The molecule has 0 aromatic rings. The molecule has 0 heterocycles. The normalized spacial score (nSPS) is 46.7. The highest BCUT2D eigenvalue weighted by Gasteiger charge is 2.40. The molecule has 0 saturated heterocycles. The fraction of sp³-hybridized carbons (Fsp3) is 1.00. The first-order valence-corrected chi connectivity index (χ1v) is 13.2. The molecule has 0 aromatic carbocycles. The van der Waals surface area contributed by atoms with Crippen LogP contribution < -0.4 is 0 Å². The van der Waals surface area contributed by atoms with Crippen molar-refractivity contribution in [2.45, 2.75) is 113 Å². The average Bonchev–Trinajstić information content (AvgIpc) is 2.65. The van der Waals surface area contributed by atoms with Gasteiger partial charge in [-0.05, 0) is 93.3 Å². The smallest absolute Gasteiger partial charge is 0.0112 e. The van der Waals surface area contributed by atoms with E-state index in [0.717, 1.165) is 39.4 Å². The lowest BCUT2D eigenvalue weighted by Crippen LogP contribution is -2.36. The molecule has 6 unspecified atom stereocenters. The van der Waals surface area contributed by atoms with Gasteiger partial charge in [0.2, 0.25) is 0 Å². The van der Waals surface area contributed by atoms with Crippen LogP contribution in [-0.2, 0) is 0 Å². The summed E-state index contributed by atoms with van der Waals surface area (Å²) in [5, 5.41) is 0. The number of rotatable bonds is 1. The van der Waals surface area contributed by atoms with Gasteiger partial charge in [-0.15, -0.1) is 0 Å². The molecule has 0 aliphatic heterocycles. The van der Waals surface area contributed by atoms with E-state index in [1.54, 1.807) is 70.6 Å². The number of hydrogen-bond acceptors (Lipinski definition) is 0. The highest BCUT2D eigenvalue weighted by molar-refractivity contribution is 14.1. The van der Waals surface area contributed by atoms with E-state index in [1.807, 2.05) is 0 Å². The van der Waals surface area contributed by atoms with Gasteiger partial charge in [0, 0.05) is 3.92 Å². The topological polar surface area (TPSA) is 0 Å². The number of alkyl halides is 1. The van der Waals surface area contributed by atoms with Crippen LogP contribution in [0, 0.1) is 35.5 Å². The molecule has 0 nitrogen and oxygen atoms in total. The van der Waals surface area contributed by atoms with Crippen LogP contribution in [0.5, 0.6) is 0 Å². The first-order valence-electron chi connectivity index (χ1n) is 11.9. The Kier molecular flexibility index (Phi) is 7.08. The second-order valence-electron chi connectivity index (χ2n) is 10.3. The summed E-state index contributed by atoms with van der Waals surface area (Å²) in [5.74, 6) is 6.68. The molecule has 0 bridgehead atoms. The zero-order valence-electron chi connectivity index (χ0n) is 16.4. The molecule has 0 N–H and O–H groups in total. The molecule has 4 aliphatic carbocycles. The minimum Gasteiger partial charge on any atom is -0.0826 e. The van der Waals surface area contributed by atoms with Gasteiger partial charge in [-0.3, -0.25) is 0 Å². The van der Waals surface area contributed by atoms with Crippen molar-refractivity contribution in [2.75, 3.05) is 0 Å². The van der Waals surface area contributed by atoms with Crippen LogP contribution in [0.25, 0.3) is 0 Å². The Hall–Kier alpha value is 0.730. The van der Waals surface area contributed by atoms with E-state index < -0.39 is 0 Å². The van der Waals surface area contributed by atoms with Crippen molar-refractivity contribution < 1.29 is 0 Å². The van der Waals surface area contributed by atoms with Crippen molar-refractivity contribution in [3.63, 3.8) is 0 Å². The summed E-state index contributed by atoms with van der Waals surface area (Å²) in [5.41, 5.74) is 0. The van der Waals surface area contributed by atoms with Crippen molar-refractivity contribution in [1.29, 1.82) is 0 Å². The Labute approximate surface area is 170 Å². The van der Waals surface area contributed by atoms with Gasteiger partial charge in [0.05, 0.1) is 0 Å². The summed E-state index contributed by atoms with van der Waals surface area (Å²) in [4.78, 5) is 0. The first-order chi connectivity index (χ1) is 12.3. The highest BCUT2D eigenvalue weighted by Crippen LogP contribution is 2.50. The maximum absolute atomic E-state index is 2.73. The number of halogens is 1. The quantitative estimate of drug-likeness (QED) is 0.276. The molecule has 7 atom stereocenters. The predicted octanol–water partition coefficient (Wildman–Crippen LogP) is 8.17. The van der Waals surface area contributed by atoms with Crippen molar-refractivity contribution in [1.82, 2.24) is 0 Å². The van der Waals surface area contributed by atoms with Crippen LogP contribution in [0.1, 0.15) is 109 Å². The van der Waals surface area contributed by atoms with E-state index in [2.05, 4.69) is 22.6 Å². The van der Waals surface area contributed by atoms with Gasteiger partial charge in [-0.2, -0.15) is 0 Å². The van der Waals surface area contributed by atoms with Gasteiger partial charge in [-0.25, -0.2) is 0 Å². The van der Waals surface area contributed by atoms with Crippen molar-refractivity contribution >= 4 is 22.6 Å². The van der Waals surface area contributed by atoms with Gasteiger partial charge < -0.3 is 0 Å². The van der Waals surface area contributed by atoms with Crippen LogP contribution in [-0.4, -0.2) is 3.92 Å². The summed E-state index contributed by atoms with van der Waals surface area (Å²) in [6.07, 6.45) is 26.6. The second-order valence-corrected chi connectivity index (χ2v) is 12.1. The molecule has 4 fully saturated rings. The van der Waals surface area contributed by atoms with Crippen molar-refractivity contribution in [3.8, 4) is 0 Å². The van der Waals surface area contributed by atoms with E-state index in [9.17, 15) is 0 Å². The molecule has 1 heteroatoms. The van der Waals surface area contributed by atoms with Gasteiger partial charge >= 0.3 is 0 Å². The van der Waals surface area contributed by atoms with Crippen molar-refractivity contribution in [2.24, 2.45) is 35.5 Å². The maximum atomic E-state index is 2.73. The average molecular weight is 456 g/mol. The summed E-state index contributed by atoms with van der Waals surface area (Å²) in [6, 6.07) is 0. The lowest BCUT2D eigenvalue weighted by Gasteiger charge is -2.46. The minimum atomic E-state index is 0.994. The van der Waals surface area contributed by atoms with E-state index >= 15 is 0 Å². The van der Waals surface area contributed by atoms with Gasteiger partial charge in [0.1, 0.15) is 0 Å². The molecule has 25 heavy (non-hydrogen) atoms. The Morgan fingerprint density at radius 3 is 1.40 bits per heavy atom. The maximum Gasteiger partial charge on any atom is 0.0112 e. The van der Waals surface area contributed by atoms with E-state index in [4.69, 9.17) is 0 Å². The highest BCUT2D eigenvalue weighted by atomic mass is 127. The molecule has 144 valence electrons. The monoisotopic (exact) mass is 456 g/mol. The molecule has 0 spiro atoms. The van der Waals surface area contributed by atoms with E-state index in [1.165, 1.54) is 38.5 Å². The molecule has 4 aliphatic rings. The predicted molar refractivity (Wildman–Crippen MR) is 117 cm³/mol. The van der Waals surface area contributed by atoms with Crippen LogP contribution in [0.3, 0.4) is 0 Å². The number of fused-ring (bicyclic) bond motifs is 2. The van der Waals surface area contributed by atoms with E-state index in [-0.39, 0.29) is 0 Å². The third kappa shape index (κ3) is 4.96. The molecular weight excluding hydrogens is 415 g/mol. The van der Waals surface area contributed by atoms with Crippen LogP contribution in [0.4, 0.5) is 0 Å². The Bertz CT molecular complexity index is 405. The third-order valence-corrected chi connectivity index (χ3v) is 9.97. The zero-order valence-corrected chi connectivity index (χ0v) is 18.6. The van der Waals surface area contributed by atoms with Crippen LogP contribution in [0.2, 0.25) is 0 Å². The Morgan fingerprint density at radius 2 is 0.760 bits per heavy atom. The lowest BCUT2D eigenvalue weighted by atomic mass is 9.60. The minimum absolute atomic E-state index is 0.994. The standard InChI is InChI=1S/C24H41I/c25-24-14-13-22-16-21(11-12-23(22)17-24)20-10-9-18-7-5-3-1-2-4-6-8-19(18)15-20/h18-24H,1-17H2/t18-,19?,20?,21?,22?,23?,24?/m0/s1. The molecule has 4 saturated carbocycles. The van der Waals surface area contributed by atoms with Crippen molar-refractivity contribution in [3.05, 3.63) is 0 Å². The Morgan fingerprint density at radius 1 is 0.360 bits per heavy atom. The summed E-state index contributed by atoms with van der Waals surface area (Å²) in [7, 11) is 0. The zero-order chi connectivity index (χ0) is 17.1. The first kappa shape index (κ1) is 19.1. The number of hydrogen-bond donors (Lipinski definition) is 0. The summed E-state index contributed by atoms with van der Waals surface area (Å²) < 4.78 is 0.994. The lowest BCUT2D eigenvalue weighted by molar-refractivity contribution is 0.0556. The molecular formula is C24H41I.